The molecule has 0 saturated carbocycles. The molecule has 0 spiro atoms. The molecular weight excluding hydrogens is 221 g/mol. The van der Waals surface area contributed by atoms with Crippen molar-refractivity contribution in [3.63, 3.8) is 0 Å². The summed E-state index contributed by atoms with van der Waals surface area (Å²) in [5, 5.41) is 0. The highest BCUT2D eigenvalue weighted by molar-refractivity contribution is 5.30. The molecule has 1 atom stereocenters. The highest BCUT2D eigenvalue weighted by atomic mass is 19.1. The van der Waals surface area contributed by atoms with Gasteiger partial charge in [0.1, 0.15) is 18.2 Å². The Morgan fingerprint density at radius 1 is 1.24 bits per heavy atom. The number of ether oxygens (including phenoxy) is 2. The minimum Gasteiger partial charge on any atom is -0.491 e. The van der Waals surface area contributed by atoms with Crippen LogP contribution in [0.3, 0.4) is 0 Å². The Morgan fingerprint density at radius 3 is 2.47 bits per heavy atom. The predicted octanol–water partition coefficient (Wildman–Crippen LogP) is 2.65. The lowest BCUT2D eigenvalue weighted by Crippen LogP contribution is -2.12. The van der Waals surface area contributed by atoms with E-state index in [9.17, 15) is 4.39 Å². The summed E-state index contributed by atoms with van der Waals surface area (Å²) in [6.07, 6.45) is 0.177. The van der Waals surface area contributed by atoms with Gasteiger partial charge in [-0.05, 0) is 26.8 Å². The van der Waals surface area contributed by atoms with Crippen LogP contribution in [0.5, 0.6) is 5.75 Å². The monoisotopic (exact) mass is 241 g/mol. The topological polar surface area (TPSA) is 44.5 Å². The highest BCUT2D eigenvalue weighted by Gasteiger charge is 2.07. The molecule has 2 N–H and O–H groups in total. The quantitative estimate of drug-likeness (QED) is 0.779. The molecule has 1 aromatic rings. The van der Waals surface area contributed by atoms with Gasteiger partial charge in [0.25, 0.3) is 0 Å². The van der Waals surface area contributed by atoms with Crippen LogP contribution in [0.15, 0.2) is 18.2 Å². The van der Waals surface area contributed by atoms with Gasteiger partial charge in [0, 0.05) is 17.7 Å². The lowest BCUT2D eigenvalue weighted by molar-refractivity contribution is 0.0552. The van der Waals surface area contributed by atoms with Gasteiger partial charge in [-0.25, -0.2) is 4.39 Å². The van der Waals surface area contributed by atoms with Gasteiger partial charge in [0.15, 0.2) is 0 Å². The average molecular weight is 241 g/mol. The lowest BCUT2D eigenvalue weighted by Gasteiger charge is -2.11. The van der Waals surface area contributed by atoms with Gasteiger partial charge >= 0.3 is 0 Å². The smallest absolute Gasteiger partial charge is 0.131 e. The van der Waals surface area contributed by atoms with E-state index in [0.717, 1.165) is 0 Å². The van der Waals surface area contributed by atoms with Crippen LogP contribution >= 0.6 is 0 Å². The SMILES string of the molecule is CC(C)OCCOc1ccc([C@@H](C)N)c(F)c1. The molecule has 0 fully saturated rings. The van der Waals surface area contributed by atoms with E-state index >= 15 is 0 Å². The summed E-state index contributed by atoms with van der Waals surface area (Å²) in [4.78, 5) is 0. The molecule has 0 bridgehead atoms. The number of nitrogens with two attached hydrogens (primary N) is 1. The van der Waals surface area contributed by atoms with Crippen LogP contribution in [0, 0.1) is 5.82 Å². The first kappa shape index (κ1) is 13.9. The van der Waals surface area contributed by atoms with Gasteiger partial charge in [0.05, 0.1) is 12.7 Å². The van der Waals surface area contributed by atoms with Crippen LogP contribution in [0.1, 0.15) is 32.4 Å². The Labute approximate surface area is 102 Å². The number of benzene rings is 1. The predicted molar refractivity (Wildman–Crippen MR) is 65.6 cm³/mol. The summed E-state index contributed by atoms with van der Waals surface area (Å²) < 4.78 is 24.2. The van der Waals surface area contributed by atoms with E-state index in [1.807, 2.05) is 13.8 Å². The molecule has 96 valence electrons. The van der Waals surface area contributed by atoms with E-state index in [4.69, 9.17) is 15.2 Å². The van der Waals surface area contributed by atoms with E-state index in [-0.39, 0.29) is 18.0 Å². The Balaban J connectivity index is 2.47. The zero-order chi connectivity index (χ0) is 12.8. The molecule has 1 aromatic carbocycles. The number of halogens is 1. The minimum absolute atomic E-state index is 0.177. The van der Waals surface area contributed by atoms with E-state index in [1.54, 1.807) is 19.1 Å². The van der Waals surface area contributed by atoms with Crippen molar-refractivity contribution in [3.8, 4) is 5.75 Å². The van der Waals surface area contributed by atoms with E-state index < -0.39 is 0 Å². The Hall–Kier alpha value is -1.13. The Bertz CT molecular complexity index is 353. The summed E-state index contributed by atoms with van der Waals surface area (Å²) in [6, 6.07) is 4.41. The van der Waals surface area contributed by atoms with Gasteiger partial charge in [-0.2, -0.15) is 0 Å². The van der Waals surface area contributed by atoms with Gasteiger partial charge in [0.2, 0.25) is 0 Å². The van der Waals surface area contributed by atoms with Crippen LogP contribution in [0.2, 0.25) is 0 Å². The van der Waals surface area contributed by atoms with E-state index in [2.05, 4.69) is 0 Å². The standard InChI is InChI=1S/C13H20FNO2/c1-9(2)16-6-7-17-11-4-5-12(10(3)15)13(14)8-11/h4-5,8-10H,6-7,15H2,1-3H3/t10-/m1/s1. The summed E-state index contributed by atoms with van der Waals surface area (Å²) in [6.45, 7) is 6.56. The molecule has 0 aliphatic rings. The van der Waals surface area contributed by atoms with Gasteiger partial charge < -0.3 is 15.2 Å². The zero-order valence-electron chi connectivity index (χ0n) is 10.6. The average Bonchev–Trinajstić information content (AvgIpc) is 2.23. The molecule has 0 unspecified atom stereocenters. The molecule has 0 heterocycles. The van der Waals surface area contributed by atoms with Crippen molar-refractivity contribution in [3.05, 3.63) is 29.6 Å². The maximum absolute atomic E-state index is 13.5. The molecule has 0 saturated heterocycles. The summed E-state index contributed by atoms with van der Waals surface area (Å²) in [5.41, 5.74) is 6.11. The normalized spacial score (nSPS) is 12.8. The molecule has 17 heavy (non-hydrogen) atoms. The van der Waals surface area contributed by atoms with Crippen LogP contribution in [0.25, 0.3) is 0 Å². The molecule has 0 aliphatic heterocycles. The second kappa shape index (κ2) is 6.57. The first-order chi connectivity index (χ1) is 8.00. The Morgan fingerprint density at radius 2 is 1.94 bits per heavy atom. The maximum atomic E-state index is 13.5. The summed E-state index contributed by atoms with van der Waals surface area (Å²) in [5.74, 6) is 0.168. The van der Waals surface area contributed by atoms with Crippen LogP contribution in [-0.4, -0.2) is 19.3 Å². The third-order valence-corrected chi connectivity index (χ3v) is 2.27. The fourth-order valence-corrected chi connectivity index (χ4v) is 1.41. The Kier molecular flexibility index (Phi) is 5.38. The van der Waals surface area contributed by atoms with Crippen molar-refractivity contribution in [1.82, 2.24) is 0 Å². The summed E-state index contributed by atoms with van der Waals surface area (Å²) >= 11 is 0. The molecule has 0 amide bonds. The van der Waals surface area contributed by atoms with Crippen molar-refractivity contribution < 1.29 is 13.9 Å². The van der Waals surface area contributed by atoms with Gasteiger partial charge in [-0.1, -0.05) is 6.07 Å². The molecular formula is C13H20FNO2. The largest absolute Gasteiger partial charge is 0.491 e. The van der Waals surface area contributed by atoms with Crippen LogP contribution < -0.4 is 10.5 Å². The summed E-state index contributed by atoms with van der Waals surface area (Å²) in [7, 11) is 0. The van der Waals surface area contributed by atoms with Gasteiger partial charge in [-0.15, -0.1) is 0 Å². The second-order valence-electron chi connectivity index (χ2n) is 4.24. The first-order valence-electron chi connectivity index (χ1n) is 5.80. The molecule has 0 radical (unpaired) electrons. The van der Waals surface area contributed by atoms with Crippen molar-refractivity contribution in [2.45, 2.75) is 32.9 Å². The number of rotatable bonds is 6. The van der Waals surface area contributed by atoms with E-state index in [0.29, 0.717) is 24.5 Å². The van der Waals surface area contributed by atoms with Gasteiger partial charge in [-0.3, -0.25) is 0 Å². The number of hydrogen-bond donors (Lipinski definition) is 1. The fourth-order valence-electron chi connectivity index (χ4n) is 1.41. The van der Waals surface area contributed by atoms with Crippen molar-refractivity contribution in [2.75, 3.05) is 13.2 Å². The third kappa shape index (κ3) is 4.71. The van der Waals surface area contributed by atoms with Crippen molar-refractivity contribution in [2.24, 2.45) is 5.73 Å². The number of hydrogen-bond acceptors (Lipinski definition) is 3. The molecule has 4 heteroatoms. The lowest BCUT2D eigenvalue weighted by atomic mass is 10.1. The third-order valence-electron chi connectivity index (χ3n) is 2.27. The molecule has 1 rings (SSSR count). The van der Waals surface area contributed by atoms with Crippen LogP contribution in [0.4, 0.5) is 4.39 Å². The minimum atomic E-state index is -0.331. The highest BCUT2D eigenvalue weighted by Crippen LogP contribution is 2.20. The first-order valence-corrected chi connectivity index (χ1v) is 5.80. The van der Waals surface area contributed by atoms with Crippen LogP contribution in [-0.2, 0) is 4.74 Å². The second-order valence-corrected chi connectivity index (χ2v) is 4.24. The van der Waals surface area contributed by atoms with E-state index in [1.165, 1.54) is 6.07 Å². The maximum Gasteiger partial charge on any atom is 0.131 e. The molecule has 3 nitrogen and oxygen atoms in total. The fraction of sp³-hybridized carbons (Fsp3) is 0.538. The van der Waals surface area contributed by atoms with Crippen molar-refractivity contribution in [1.29, 1.82) is 0 Å². The van der Waals surface area contributed by atoms with Crippen molar-refractivity contribution >= 4 is 0 Å². The zero-order valence-corrected chi connectivity index (χ0v) is 10.6. The molecule has 0 aliphatic carbocycles. The molecule has 0 aromatic heterocycles.